The van der Waals surface area contributed by atoms with Gasteiger partial charge in [0, 0.05) is 5.69 Å². The molecule has 0 bridgehead atoms. The Hall–Kier alpha value is -3.41. The van der Waals surface area contributed by atoms with Gasteiger partial charge < -0.3 is 14.5 Å². The fourth-order valence-corrected chi connectivity index (χ4v) is 3.08. The molecule has 0 aliphatic rings. The van der Waals surface area contributed by atoms with Crippen LogP contribution >= 0.6 is 11.3 Å². The van der Waals surface area contributed by atoms with E-state index in [1.54, 1.807) is 17.5 Å². The number of esters is 1. The summed E-state index contributed by atoms with van der Waals surface area (Å²) in [5.41, 5.74) is -0.730. The fraction of sp³-hybridized carbons (Fsp3) is 0.263. The van der Waals surface area contributed by atoms with Gasteiger partial charge in [0.15, 0.2) is 6.10 Å². The number of hydrogen-bond acceptors (Lipinski definition) is 7. The average Bonchev–Trinajstić information content (AvgIpc) is 3.36. The maximum atomic E-state index is 12.6. The first-order valence-corrected chi connectivity index (χ1v) is 9.81. The number of rotatable bonds is 7. The molecular weight excluding hydrogens is 439 g/mol. The predicted molar refractivity (Wildman–Crippen MR) is 104 cm³/mol. The summed E-state index contributed by atoms with van der Waals surface area (Å²) in [6, 6.07) is 7.34. The highest BCUT2D eigenvalue weighted by Gasteiger charge is 2.30. The molecule has 31 heavy (non-hydrogen) atoms. The predicted octanol–water partition coefficient (Wildman–Crippen LogP) is 3.54. The van der Waals surface area contributed by atoms with Crippen LogP contribution in [0.1, 0.15) is 18.9 Å². The number of nitrogens with zero attached hydrogens (tertiary/aromatic N) is 2. The Morgan fingerprint density at radius 1 is 1.26 bits per heavy atom. The molecule has 1 amide bonds. The molecule has 12 heteroatoms. The first kappa shape index (κ1) is 22.3. The Morgan fingerprint density at radius 3 is 2.58 bits per heavy atom. The van der Waals surface area contributed by atoms with Crippen LogP contribution in [-0.4, -0.2) is 27.8 Å². The summed E-state index contributed by atoms with van der Waals surface area (Å²) >= 11 is 1.34. The highest BCUT2D eigenvalue weighted by atomic mass is 32.1. The van der Waals surface area contributed by atoms with E-state index in [9.17, 15) is 27.6 Å². The van der Waals surface area contributed by atoms with Gasteiger partial charge in [0.25, 0.3) is 11.8 Å². The van der Waals surface area contributed by atoms with Gasteiger partial charge in [-0.2, -0.15) is 17.9 Å². The summed E-state index contributed by atoms with van der Waals surface area (Å²) in [6.07, 6.45) is -5.93. The molecule has 164 valence electrons. The lowest BCUT2D eigenvalue weighted by Crippen LogP contribution is -2.30. The summed E-state index contributed by atoms with van der Waals surface area (Å²) in [6.45, 7) is 1.20. The zero-order valence-corrected chi connectivity index (χ0v) is 16.8. The molecule has 2 heterocycles. The third-order valence-electron chi connectivity index (χ3n) is 4.02. The minimum absolute atomic E-state index is 0.111. The van der Waals surface area contributed by atoms with Gasteiger partial charge >= 0.3 is 17.9 Å². The molecule has 3 rings (SSSR count). The van der Waals surface area contributed by atoms with Gasteiger partial charge in [-0.05, 0) is 42.6 Å². The SMILES string of the molecule is CC(OC(=O)CCn1nc(-c2cccs2)oc1=O)C(=O)Nc1ccc(C(F)(F)F)cc1. The van der Waals surface area contributed by atoms with Crippen LogP contribution in [0.3, 0.4) is 0 Å². The summed E-state index contributed by atoms with van der Waals surface area (Å²) < 4.78 is 48.7. The Balaban J connectivity index is 1.50. The zero-order valence-electron chi connectivity index (χ0n) is 16.0. The van der Waals surface area contributed by atoms with Gasteiger partial charge in [-0.1, -0.05) is 6.07 Å². The van der Waals surface area contributed by atoms with Crippen molar-refractivity contribution in [3.05, 3.63) is 57.9 Å². The number of halogens is 3. The Morgan fingerprint density at radius 2 is 1.97 bits per heavy atom. The lowest BCUT2D eigenvalue weighted by molar-refractivity contribution is -0.153. The monoisotopic (exact) mass is 455 g/mol. The number of nitrogens with one attached hydrogen (secondary N) is 1. The number of aromatic nitrogens is 2. The Kier molecular flexibility index (Phi) is 6.59. The van der Waals surface area contributed by atoms with E-state index in [1.807, 2.05) is 0 Å². The molecule has 3 aromatic rings. The van der Waals surface area contributed by atoms with E-state index < -0.39 is 35.5 Å². The number of carbonyl (C=O) groups excluding carboxylic acids is 2. The lowest BCUT2D eigenvalue weighted by Gasteiger charge is -2.14. The van der Waals surface area contributed by atoms with E-state index in [0.717, 1.165) is 28.9 Å². The average molecular weight is 455 g/mol. The van der Waals surface area contributed by atoms with E-state index in [0.29, 0.717) is 4.88 Å². The first-order chi connectivity index (χ1) is 14.6. The van der Waals surface area contributed by atoms with E-state index in [1.165, 1.54) is 18.3 Å². The van der Waals surface area contributed by atoms with Crippen molar-refractivity contribution in [2.24, 2.45) is 0 Å². The van der Waals surface area contributed by atoms with Crippen molar-refractivity contribution in [2.45, 2.75) is 32.2 Å². The second kappa shape index (κ2) is 9.16. The van der Waals surface area contributed by atoms with Crippen molar-refractivity contribution in [1.29, 1.82) is 0 Å². The summed E-state index contributed by atoms with van der Waals surface area (Å²) in [4.78, 5) is 36.6. The number of alkyl halides is 3. The summed E-state index contributed by atoms with van der Waals surface area (Å²) in [5, 5.41) is 8.16. The number of benzene rings is 1. The third kappa shape index (κ3) is 5.81. The molecule has 0 aliphatic carbocycles. The highest BCUT2D eigenvalue weighted by molar-refractivity contribution is 7.13. The number of anilines is 1. The van der Waals surface area contributed by atoms with E-state index in [-0.39, 0.29) is 24.5 Å². The van der Waals surface area contributed by atoms with E-state index in [4.69, 9.17) is 9.15 Å². The molecular formula is C19H16F3N3O5S. The van der Waals surface area contributed by atoms with Gasteiger partial charge in [-0.3, -0.25) is 9.59 Å². The molecule has 0 saturated heterocycles. The van der Waals surface area contributed by atoms with Gasteiger partial charge in [-0.25, -0.2) is 4.79 Å². The zero-order chi connectivity index (χ0) is 22.6. The molecule has 1 unspecified atom stereocenters. The van der Waals surface area contributed by atoms with Gasteiger partial charge in [0.2, 0.25) is 0 Å². The van der Waals surface area contributed by atoms with E-state index >= 15 is 0 Å². The van der Waals surface area contributed by atoms with Crippen molar-refractivity contribution < 1.29 is 31.9 Å². The normalized spacial score (nSPS) is 12.4. The van der Waals surface area contributed by atoms with Crippen molar-refractivity contribution in [3.8, 4) is 10.8 Å². The molecule has 8 nitrogen and oxygen atoms in total. The number of aryl methyl sites for hydroxylation is 1. The van der Waals surface area contributed by atoms with Crippen molar-refractivity contribution in [2.75, 3.05) is 5.32 Å². The molecule has 1 aromatic carbocycles. The molecule has 0 radical (unpaired) electrons. The van der Waals surface area contributed by atoms with Crippen LogP contribution < -0.4 is 11.1 Å². The molecule has 0 fully saturated rings. The smallest absolute Gasteiger partial charge is 0.437 e. The molecule has 1 atom stereocenters. The Labute approximate surface area is 177 Å². The minimum atomic E-state index is -4.48. The van der Waals surface area contributed by atoms with Gasteiger partial charge in [0.1, 0.15) is 0 Å². The number of thiophene rings is 1. The molecule has 0 saturated carbocycles. The highest BCUT2D eigenvalue weighted by Crippen LogP contribution is 2.29. The van der Waals surface area contributed by atoms with Crippen LogP contribution in [0.5, 0.6) is 0 Å². The van der Waals surface area contributed by atoms with Crippen LogP contribution in [0.4, 0.5) is 18.9 Å². The van der Waals surface area contributed by atoms with E-state index in [2.05, 4.69) is 10.4 Å². The second-order valence-corrected chi connectivity index (χ2v) is 7.27. The molecule has 2 aromatic heterocycles. The molecule has 1 N–H and O–H groups in total. The van der Waals surface area contributed by atoms with Crippen LogP contribution in [0.25, 0.3) is 10.8 Å². The number of amides is 1. The first-order valence-electron chi connectivity index (χ1n) is 8.93. The lowest BCUT2D eigenvalue weighted by atomic mass is 10.2. The largest absolute Gasteiger partial charge is 0.452 e. The van der Waals surface area contributed by atoms with Gasteiger partial charge in [0.05, 0.1) is 23.4 Å². The quantitative estimate of drug-likeness (QED) is 0.547. The maximum absolute atomic E-state index is 12.6. The summed E-state index contributed by atoms with van der Waals surface area (Å²) in [7, 11) is 0. The van der Waals surface area contributed by atoms with Crippen molar-refractivity contribution in [1.82, 2.24) is 9.78 Å². The fourth-order valence-electron chi connectivity index (χ4n) is 2.44. The molecule has 0 aliphatic heterocycles. The van der Waals surface area contributed by atoms with Crippen LogP contribution in [0, 0.1) is 0 Å². The minimum Gasteiger partial charge on any atom is -0.452 e. The van der Waals surface area contributed by atoms with Crippen LogP contribution in [-0.2, 0) is 27.0 Å². The third-order valence-corrected chi connectivity index (χ3v) is 4.88. The summed E-state index contributed by atoms with van der Waals surface area (Å²) in [5.74, 6) is -2.07. The van der Waals surface area contributed by atoms with Gasteiger partial charge in [-0.15, -0.1) is 16.4 Å². The van der Waals surface area contributed by atoms with Crippen LogP contribution in [0.15, 0.2) is 51.0 Å². The Bertz CT molecular complexity index is 1100. The number of hydrogen-bond donors (Lipinski definition) is 1. The van der Waals surface area contributed by atoms with Crippen molar-refractivity contribution >= 4 is 28.9 Å². The second-order valence-electron chi connectivity index (χ2n) is 6.32. The number of carbonyl (C=O) groups is 2. The number of ether oxygens (including phenoxy) is 1. The van der Waals surface area contributed by atoms with Crippen molar-refractivity contribution in [3.63, 3.8) is 0 Å². The maximum Gasteiger partial charge on any atom is 0.437 e. The standard InChI is InChI=1S/C19H16F3N3O5S/c1-11(16(27)23-13-6-4-12(5-7-13)19(20,21)22)29-15(26)8-9-25-18(28)30-17(24-25)14-3-2-10-31-14/h2-7,10-11H,8-9H2,1H3,(H,23,27). The van der Waals surface area contributed by atoms with Crippen LogP contribution in [0.2, 0.25) is 0 Å². The topological polar surface area (TPSA) is 103 Å². The molecule has 0 spiro atoms.